The summed E-state index contributed by atoms with van der Waals surface area (Å²) in [5, 5.41) is 3.06. The average molecular weight is 225 g/mol. The van der Waals surface area contributed by atoms with Crippen molar-refractivity contribution >= 4 is 13.5 Å². The van der Waals surface area contributed by atoms with E-state index in [1.54, 1.807) is 18.2 Å². The Morgan fingerprint density at radius 2 is 2.13 bits per heavy atom. The first-order chi connectivity index (χ1) is 7.22. The van der Waals surface area contributed by atoms with Gasteiger partial charge in [-0.3, -0.25) is 0 Å². The molecular formula is C9H8NO4P. The number of anilines is 1. The highest BCUT2D eigenvalue weighted by Crippen LogP contribution is 2.70. The monoisotopic (exact) mass is 225 g/mol. The molecule has 1 atom stereocenters. The van der Waals surface area contributed by atoms with Crippen LogP contribution in [0.5, 0.6) is 17.2 Å². The average Bonchev–Trinajstić information content (AvgIpc) is 2.69. The molecular weight excluding hydrogens is 217 g/mol. The van der Waals surface area contributed by atoms with Gasteiger partial charge in [-0.15, -0.1) is 6.58 Å². The lowest BCUT2D eigenvalue weighted by atomic mass is 10.2. The van der Waals surface area contributed by atoms with Crippen molar-refractivity contribution in [1.29, 1.82) is 0 Å². The molecule has 5 nitrogen and oxygen atoms in total. The second-order valence-electron chi connectivity index (χ2n) is 3.16. The van der Waals surface area contributed by atoms with Gasteiger partial charge in [-0.25, -0.2) is 0 Å². The fourth-order valence-corrected chi connectivity index (χ4v) is 2.81. The Kier molecular flexibility index (Phi) is 1.56. The van der Waals surface area contributed by atoms with Gasteiger partial charge >= 0.3 is 7.82 Å². The van der Waals surface area contributed by atoms with E-state index in [1.165, 1.54) is 0 Å². The normalized spacial score (nSPS) is 24.0. The zero-order valence-corrected chi connectivity index (χ0v) is 8.62. The lowest BCUT2D eigenvalue weighted by Crippen LogP contribution is -2.02. The van der Waals surface area contributed by atoms with Gasteiger partial charge in [0.1, 0.15) is 0 Å². The fraction of sp³-hybridized carbons (Fsp3) is 0.111. The van der Waals surface area contributed by atoms with Crippen LogP contribution in [0.3, 0.4) is 0 Å². The molecule has 0 aliphatic carbocycles. The molecule has 2 heterocycles. The van der Waals surface area contributed by atoms with E-state index in [2.05, 4.69) is 11.9 Å². The van der Waals surface area contributed by atoms with Crippen molar-refractivity contribution in [3.05, 3.63) is 24.8 Å². The summed E-state index contributed by atoms with van der Waals surface area (Å²) in [6.45, 7) is 4.19. The van der Waals surface area contributed by atoms with Crippen LogP contribution in [0.25, 0.3) is 0 Å². The summed E-state index contributed by atoms with van der Waals surface area (Å²) in [6, 6.07) is 3.49. The quantitative estimate of drug-likeness (QED) is 0.632. The van der Waals surface area contributed by atoms with Gasteiger partial charge in [-0.05, 0) is 12.1 Å². The summed E-state index contributed by atoms with van der Waals surface area (Å²) in [7, 11) is -3.37. The van der Waals surface area contributed by atoms with Crippen molar-refractivity contribution in [3.63, 3.8) is 0 Å². The summed E-state index contributed by atoms with van der Waals surface area (Å²) >= 11 is 0. The van der Waals surface area contributed by atoms with E-state index in [-0.39, 0.29) is 0 Å². The molecule has 1 aromatic rings. The summed E-state index contributed by atoms with van der Waals surface area (Å²) in [5.41, 5.74) is 0.731. The maximum Gasteiger partial charge on any atom is 0.647 e. The van der Waals surface area contributed by atoms with E-state index < -0.39 is 7.82 Å². The molecule has 0 aromatic heterocycles. The lowest BCUT2D eigenvalue weighted by Gasteiger charge is -2.13. The number of nitrogens with one attached hydrogen (secondary N) is 1. The van der Waals surface area contributed by atoms with Gasteiger partial charge in [0.2, 0.25) is 11.5 Å². The molecule has 0 radical (unpaired) electrons. The molecule has 3 rings (SSSR count). The van der Waals surface area contributed by atoms with E-state index >= 15 is 0 Å². The number of hydrogen-bond acceptors (Lipinski definition) is 5. The number of fused-ring (bicyclic) bond motifs is 1. The Hall–Kier alpha value is -1.61. The molecule has 1 N–H and O–H groups in total. The molecule has 1 aromatic carbocycles. The van der Waals surface area contributed by atoms with Crippen molar-refractivity contribution in [1.82, 2.24) is 0 Å². The van der Waals surface area contributed by atoms with Gasteiger partial charge in [-0.2, -0.15) is 4.57 Å². The summed E-state index contributed by atoms with van der Waals surface area (Å²) in [5.74, 6) is 1.36. The third-order valence-electron chi connectivity index (χ3n) is 2.13. The summed E-state index contributed by atoms with van der Waals surface area (Å²) in [6.07, 6.45) is 1.72. The van der Waals surface area contributed by atoms with Crippen LogP contribution >= 0.6 is 7.82 Å². The Labute approximate surface area is 86.3 Å². The van der Waals surface area contributed by atoms with Gasteiger partial charge < -0.3 is 18.9 Å². The summed E-state index contributed by atoms with van der Waals surface area (Å²) in [4.78, 5) is 0. The van der Waals surface area contributed by atoms with Crippen LogP contribution in [0.1, 0.15) is 0 Å². The number of benzene rings is 1. The van der Waals surface area contributed by atoms with Crippen molar-refractivity contribution in [2.75, 3.05) is 11.9 Å². The first-order valence-electron chi connectivity index (χ1n) is 4.42. The number of hydrogen-bond donors (Lipinski definition) is 1. The highest BCUT2D eigenvalue weighted by Gasteiger charge is 2.50. The SMILES string of the molecule is C=CCNc1ccc2c3c1OP(=O)(O2)O3. The highest BCUT2D eigenvalue weighted by atomic mass is 31.2. The molecule has 15 heavy (non-hydrogen) atoms. The highest BCUT2D eigenvalue weighted by molar-refractivity contribution is 7.50. The smallest absolute Gasteiger partial charge is 0.382 e. The molecule has 0 fully saturated rings. The second kappa shape index (κ2) is 2.70. The minimum absolute atomic E-state index is 0.424. The van der Waals surface area contributed by atoms with Crippen LogP contribution in [0.15, 0.2) is 24.8 Å². The first-order valence-corrected chi connectivity index (χ1v) is 5.88. The molecule has 78 valence electrons. The predicted octanol–water partition coefficient (Wildman–Crippen LogP) is 2.56. The number of phosphoric ester groups is 1. The minimum atomic E-state index is -3.37. The third-order valence-corrected chi connectivity index (χ3v) is 3.36. The molecule has 2 aliphatic rings. The van der Waals surface area contributed by atoms with Crippen LogP contribution < -0.4 is 18.9 Å². The van der Waals surface area contributed by atoms with Crippen LogP contribution in [0.2, 0.25) is 0 Å². The maximum atomic E-state index is 11.6. The van der Waals surface area contributed by atoms with E-state index in [0.29, 0.717) is 23.8 Å². The molecule has 0 saturated heterocycles. The van der Waals surface area contributed by atoms with E-state index in [0.717, 1.165) is 5.69 Å². The second-order valence-corrected chi connectivity index (χ2v) is 4.60. The van der Waals surface area contributed by atoms with Crippen LogP contribution in [-0.4, -0.2) is 6.54 Å². The van der Waals surface area contributed by atoms with Crippen molar-refractivity contribution < 1.29 is 18.1 Å². The Bertz CT molecular complexity index is 499. The zero-order valence-electron chi connectivity index (χ0n) is 7.73. The van der Waals surface area contributed by atoms with Gasteiger partial charge in [-0.1, -0.05) is 6.08 Å². The molecule has 6 heteroatoms. The predicted molar refractivity (Wildman–Crippen MR) is 54.6 cm³/mol. The van der Waals surface area contributed by atoms with E-state index in [9.17, 15) is 4.57 Å². The molecule has 0 spiro atoms. The first kappa shape index (κ1) is 8.68. The number of phosphoric acid groups is 1. The number of rotatable bonds is 3. The van der Waals surface area contributed by atoms with Crippen molar-refractivity contribution in [2.24, 2.45) is 0 Å². The molecule has 1 unspecified atom stereocenters. The zero-order chi connectivity index (χ0) is 10.5. The van der Waals surface area contributed by atoms with E-state index in [1.807, 2.05) is 0 Å². The molecule has 0 saturated carbocycles. The minimum Gasteiger partial charge on any atom is -0.382 e. The Balaban J connectivity index is 2.05. The Morgan fingerprint density at radius 1 is 1.33 bits per heavy atom. The van der Waals surface area contributed by atoms with Crippen LogP contribution in [0.4, 0.5) is 5.69 Å². The van der Waals surface area contributed by atoms with Crippen LogP contribution in [0, 0.1) is 0 Å². The van der Waals surface area contributed by atoms with Gasteiger partial charge in [0.25, 0.3) is 0 Å². The van der Waals surface area contributed by atoms with Gasteiger partial charge in [0.15, 0.2) is 5.75 Å². The maximum absolute atomic E-state index is 11.6. The lowest BCUT2D eigenvalue weighted by molar-refractivity contribution is 0.354. The van der Waals surface area contributed by atoms with Crippen molar-refractivity contribution in [2.45, 2.75) is 0 Å². The topological polar surface area (TPSA) is 56.8 Å². The molecule has 2 aliphatic heterocycles. The molecule has 2 bridgehead atoms. The third kappa shape index (κ3) is 1.13. The fourth-order valence-electron chi connectivity index (χ4n) is 1.51. The molecule has 0 amide bonds. The van der Waals surface area contributed by atoms with Crippen LogP contribution in [-0.2, 0) is 4.57 Å². The largest absolute Gasteiger partial charge is 0.647 e. The Morgan fingerprint density at radius 3 is 2.87 bits per heavy atom. The summed E-state index contributed by atoms with van der Waals surface area (Å²) < 4.78 is 26.8. The standard InChI is InChI=1S/C9H8NO4P/c1-2-5-10-6-3-4-7-9-8(6)13-15(11,12-7)14-9/h2-4,10H,1,5H2. The van der Waals surface area contributed by atoms with Gasteiger partial charge in [0.05, 0.1) is 5.69 Å². The van der Waals surface area contributed by atoms with Gasteiger partial charge in [0, 0.05) is 6.54 Å². The van der Waals surface area contributed by atoms with E-state index in [4.69, 9.17) is 13.6 Å². The van der Waals surface area contributed by atoms with Crippen molar-refractivity contribution in [3.8, 4) is 17.2 Å².